The lowest BCUT2D eigenvalue weighted by atomic mass is 9.77. The first-order chi connectivity index (χ1) is 17.1. The van der Waals surface area contributed by atoms with Gasteiger partial charge in [0.15, 0.2) is 0 Å². The van der Waals surface area contributed by atoms with Crippen molar-refractivity contribution < 1.29 is 29.9 Å². The zero-order chi connectivity index (χ0) is 26.7. The molecule has 0 amide bonds. The van der Waals surface area contributed by atoms with Crippen LogP contribution >= 0.6 is 15.9 Å². The molecule has 36 heavy (non-hydrogen) atoms. The van der Waals surface area contributed by atoms with E-state index in [1.807, 2.05) is 62.4 Å². The van der Waals surface area contributed by atoms with Gasteiger partial charge in [0.25, 0.3) is 0 Å². The van der Waals surface area contributed by atoms with E-state index in [0.717, 1.165) is 21.2 Å². The van der Waals surface area contributed by atoms with Crippen molar-refractivity contribution in [3.05, 3.63) is 124 Å². The normalized spacial score (nSPS) is 9.69. The van der Waals surface area contributed by atoms with Crippen LogP contribution in [0.5, 0.6) is 0 Å². The molecule has 6 nitrogen and oxygen atoms in total. The van der Waals surface area contributed by atoms with Crippen molar-refractivity contribution in [3.8, 4) is 11.1 Å². The van der Waals surface area contributed by atoms with E-state index in [1.165, 1.54) is 5.56 Å². The quantitative estimate of drug-likeness (QED) is 0.261. The Balaban J connectivity index is 0.000000200. The van der Waals surface area contributed by atoms with Crippen molar-refractivity contribution in [3.63, 3.8) is 0 Å². The lowest BCUT2D eigenvalue weighted by molar-refractivity contribution is 0.0686. The van der Waals surface area contributed by atoms with Crippen LogP contribution in [-0.4, -0.2) is 39.3 Å². The number of halogens is 1. The summed E-state index contributed by atoms with van der Waals surface area (Å²) in [6.45, 7) is 3.88. The lowest BCUT2D eigenvalue weighted by Gasteiger charge is -2.05. The highest BCUT2D eigenvalue weighted by molar-refractivity contribution is 9.10. The minimum Gasteiger partial charge on any atom is -0.478 e. The molecule has 0 aliphatic rings. The van der Waals surface area contributed by atoms with Crippen LogP contribution in [0.25, 0.3) is 11.1 Å². The van der Waals surface area contributed by atoms with Crippen molar-refractivity contribution in [2.45, 2.75) is 13.8 Å². The summed E-state index contributed by atoms with van der Waals surface area (Å²) in [5.41, 5.74) is 5.47. The Hall–Kier alpha value is -3.72. The van der Waals surface area contributed by atoms with E-state index in [2.05, 4.69) is 15.9 Å². The number of carbonyl (C=O) groups is 2. The summed E-state index contributed by atoms with van der Waals surface area (Å²) in [6, 6.07) is 28.7. The molecule has 8 heteroatoms. The third-order valence-electron chi connectivity index (χ3n) is 5.15. The second-order valence-corrected chi connectivity index (χ2v) is 8.66. The molecule has 0 aliphatic heterocycles. The average Bonchev–Trinajstić information content (AvgIpc) is 2.85. The summed E-state index contributed by atoms with van der Waals surface area (Å²) in [4.78, 5) is 21.0. The molecule has 0 spiro atoms. The molecule has 4 rings (SSSR count). The summed E-state index contributed by atoms with van der Waals surface area (Å²) in [5, 5.41) is 34.8. The summed E-state index contributed by atoms with van der Waals surface area (Å²) >= 11 is 3.20. The maximum atomic E-state index is 10.7. The smallest absolute Gasteiger partial charge is 0.478 e. The topological polar surface area (TPSA) is 115 Å². The monoisotopic (exact) mass is 548 g/mol. The van der Waals surface area contributed by atoms with E-state index < -0.39 is 19.1 Å². The number of carboxylic acid groups (broad SMARTS) is 2. The Labute approximate surface area is 218 Å². The lowest BCUT2D eigenvalue weighted by Crippen LogP contribution is -2.31. The standard InChI is InChI=1S/C14H12O2.C7H9BO2.C7H5BrO2/c1-10-4-2-3-5-13(10)11-6-8-12(9-7-11)14(15)16;1-6-4-2-3-5-7(6)8(9)10;8-6-3-1-5(2-4-6)7(9)10/h2-9H,1H3,(H,15,16);2-5,9-10H,1H3;1-4H,(H,9,10). The molecule has 0 atom stereocenters. The van der Waals surface area contributed by atoms with Crippen molar-refractivity contribution in [1.29, 1.82) is 0 Å². The first-order valence-corrected chi connectivity index (χ1v) is 11.7. The summed E-state index contributed by atoms with van der Waals surface area (Å²) in [6.07, 6.45) is 0. The number of carboxylic acids is 2. The van der Waals surface area contributed by atoms with Crippen molar-refractivity contribution >= 4 is 40.4 Å². The molecule has 0 aliphatic carbocycles. The summed E-state index contributed by atoms with van der Waals surface area (Å²) in [7, 11) is -1.35. The highest BCUT2D eigenvalue weighted by Gasteiger charge is 2.11. The molecular weight excluding hydrogens is 523 g/mol. The molecule has 0 heterocycles. The molecule has 4 aromatic rings. The van der Waals surface area contributed by atoms with Gasteiger partial charge in [-0.3, -0.25) is 0 Å². The van der Waals surface area contributed by atoms with Gasteiger partial charge in [-0.15, -0.1) is 0 Å². The third kappa shape index (κ3) is 8.81. The highest BCUT2D eigenvalue weighted by atomic mass is 79.9. The molecule has 0 saturated heterocycles. The van der Waals surface area contributed by atoms with Gasteiger partial charge in [0.1, 0.15) is 0 Å². The van der Waals surface area contributed by atoms with Crippen molar-refractivity contribution in [2.75, 3.05) is 0 Å². The summed E-state index contributed by atoms with van der Waals surface area (Å²) < 4.78 is 0.887. The molecular formula is C28H26BBrO6. The molecule has 0 unspecified atom stereocenters. The van der Waals surface area contributed by atoms with E-state index in [1.54, 1.807) is 48.5 Å². The molecule has 4 N–H and O–H groups in total. The maximum Gasteiger partial charge on any atom is 0.488 e. The fraction of sp³-hybridized carbons (Fsp3) is 0.0714. The largest absolute Gasteiger partial charge is 0.488 e. The Morgan fingerprint density at radius 2 is 1.08 bits per heavy atom. The fourth-order valence-corrected chi connectivity index (χ4v) is 3.42. The van der Waals surface area contributed by atoms with Crippen LogP contribution in [0, 0.1) is 13.8 Å². The van der Waals surface area contributed by atoms with Crippen molar-refractivity contribution in [2.24, 2.45) is 0 Å². The number of benzene rings is 4. The fourth-order valence-electron chi connectivity index (χ4n) is 3.16. The predicted molar refractivity (Wildman–Crippen MR) is 146 cm³/mol. The second-order valence-electron chi connectivity index (χ2n) is 7.74. The molecule has 0 bridgehead atoms. The molecule has 4 aromatic carbocycles. The van der Waals surface area contributed by atoms with Crippen molar-refractivity contribution in [1.82, 2.24) is 0 Å². The van der Waals surface area contributed by atoms with Gasteiger partial charge < -0.3 is 20.3 Å². The van der Waals surface area contributed by atoms with E-state index >= 15 is 0 Å². The van der Waals surface area contributed by atoms with E-state index in [0.29, 0.717) is 16.6 Å². The molecule has 0 fully saturated rings. The Kier molecular flexibility index (Phi) is 11.1. The van der Waals surface area contributed by atoms with E-state index in [4.69, 9.17) is 20.3 Å². The van der Waals surface area contributed by atoms with Gasteiger partial charge in [0.2, 0.25) is 0 Å². The van der Waals surface area contributed by atoms with Gasteiger partial charge >= 0.3 is 19.1 Å². The molecule has 0 saturated carbocycles. The Morgan fingerprint density at radius 1 is 0.639 bits per heavy atom. The van der Waals surface area contributed by atoms with Crippen LogP contribution in [0.2, 0.25) is 0 Å². The Morgan fingerprint density at radius 3 is 1.50 bits per heavy atom. The highest BCUT2D eigenvalue weighted by Crippen LogP contribution is 2.23. The van der Waals surface area contributed by atoms with Crippen LogP contribution in [0.15, 0.2) is 102 Å². The molecule has 0 radical (unpaired) electrons. The minimum atomic E-state index is -1.35. The second kappa shape index (κ2) is 14.0. The van der Waals surface area contributed by atoms with Gasteiger partial charge in [-0.25, -0.2) is 9.59 Å². The van der Waals surface area contributed by atoms with E-state index in [9.17, 15) is 9.59 Å². The van der Waals surface area contributed by atoms with Crippen LogP contribution < -0.4 is 5.46 Å². The minimum absolute atomic E-state index is 0.309. The van der Waals surface area contributed by atoms with Crippen LogP contribution in [0.4, 0.5) is 0 Å². The first-order valence-electron chi connectivity index (χ1n) is 10.9. The number of aromatic carboxylic acids is 2. The number of aryl methyl sites for hydroxylation is 2. The maximum absolute atomic E-state index is 10.7. The van der Waals surface area contributed by atoms with Gasteiger partial charge in [-0.1, -0.05) is 82.2 Å². The Bertz CT molecular complexity index is 1290. The number of rotatable bonds is 4. The zero-order valence-electron chi connectivity index (χ0n) is 19.8. The summed E-state index contributed by atoms with van der Waals surface area (Å²) in [5.74, 6) is -1.79. The SMILES string of the molecule is Cc1ccccc1-c1ccc(C(=O)O)cc1.Cc1ccccc1B(O)O.O=C(O)c1ccc(Br)cc1. The van der Waals surface area contributed by atoms with Crippen LogP contribution in [0.1, 0.15) is 31.8 Å². The zero-order valence-corrected chi connectivity index (χ0v) is 21.4. The average molecular weight is 549 g/mol. The predicted octanol–water partition coefficient (Wildman–Crippen LogP) is 5.18. The van der Waals surface area contributed by atoms with Crippen LogP contribution in [-0.2, 0) is 0 Å². The van der Waals surface area contributed by atoms with Gasteiger partial charge in [-0.2, -0.15) is 0 Å². The van der Waals surface area contributed by atoms with E-state index in [-0.39, 0.29) is 0 Å². The van der Waals surface area contributed by atoms with Gasteiger partial charge in [-0.05, 0) is 72.4 Å². The molecule has 184 valence electrons. The number of hydrogen-bond acceptors (Lipinski definition) is 4. The molecule has 0 aromatic heterocycles. The van der Waals surface area contributed by atoms with Crippen LogP contribution in [0.3, 0.4) is 0 Å². The van der Waals surface area contributed by atoms with Gasteiger partial charge in [0, 0.05) is 4.47 Å². The number of hydrogen-bond donors (Lipinski definition) is 4. The van der Waals surface area contributed by atoms with Gasteiger partial charge in [0.05, 0.1) is 11.1 Å². The first kappa shape index (κ1) is 28.5. The third-order valence-corrected chi connectivity index (χ3v) is 5.67.